The van der Waals surface area contributed by atoms with Crippen molar-refractivity contribution in [3.05, 3.63) is 30.5 Å². The fourth-order valence-electron chi connectivity index (χ4n) is 1.78. The van der Waals surface area contributed by atoms with Gasteiger partial charge in [0.2, 0.25) is 0 Å². The number of aromatic nitrogens is 1. The van der Waals surface area contributed by atoms with E-state index in [0.29, 0.717) is 5.88 Å². The van der Waals surface area contributed by atoms with Gasteiger partial charge in [0.1, 0.15) is 11.6 Å². The van der Waals surface area contributed by atoms with Crippen molar-refractivity contribution in [1.82, 2.24) is 4.98 Å². The molecule has 0 aliphatic heterocycles. The molecule has 0 radical (unpaired) electrons. The molecule has 1 aromatic heterocycles. The number of rotatable bonds is 3. The average Bonchev–Trinajstić information content (AvgIpc) is 2.37. The van der Waals surface area contributed by atoms with E-state index in [4.69, 9.17) is 11.6 Å². The number of anilines is 1. The number of alkyl halides is 1. The lowest BCUT2D eigenvalue weighted by Crippen LogP contribution is -2.43. The van der Waals surface area contributed by atoms with Crippen LogP contribution in [0.25, 0.3) is 10.8 Å². The topological polar surface area (TPSA) is 36.4 Å². The van der Waals surface area contributed by atoms with Crippen LogP contribution in [0, 0.1) is 0 Å². The first-order chi connectivity index (χ1) is 8.45. The second-order valence-electron chi connectivity index (χ2n) is 5.05. The predicted molar refractivity (Wildman–Crippen MR) is 76.6 cm³/mol. The van der Waals surface area contributed by atoms with Gasteiger partial charge in [0, 0.05) is 30.0 Å². The van der Waals surface area contributed by atoms with E-state index in [1.807, 2.05) is 24.1 Å². The lowest BCUT2D eigenvalue weighted by atomic mass is 10.0. The fraction of sp³-hybridized carbons (Fsp3) is 0.357. The summed E-state index contributed by atoms with van der Waals surface area (Å²) in [5, 5.41) is 11.6. The first-order valence-corrected chi connectivity index (χ1v) is 6.37. The van der Waals surface area contributed by atoms with Gasteiger partial charge in [-0.05, 0) is 37.4 Å². The van der Waals surface area contributed by atoms with Crippen molar-refractivity contribution in [3.8, 4) is 5.75 Å². The summed E-state index contributed by atoms with van der Waals surface area (Å²) in [6.45, 7) is 4.12. The lowest BCUT2D eigenvalue weighted by molar-refractivity contribution is 0.476. The van der Waals surface area contributed by atoms with Crippen LogP contribution < -0.4 is 4.90 Å². The van der Waals surface area contributed by atoms with E-state index in [2.05, 4.69) is 18.8 Å². The number of phenolic OH excluding ortho intramolecular Hbond substituents is 1. The number of pyridine rings is 1. The molecule has 1 aromatic carbocycles. The van der Waals surface area contributed by atoms with Crippen molar-refractivity contribution in [3.63, 3.8) is 0 Å². The summed E-state index contributed by atoms with van der Waals surface area (Å²) >= 11 is 6.00. The number of hydrogen-bond donors (Lipinski definition) is 1. The number of nitrogens with zero attached hydrogens (tertiary/aromatic N) is 2. The number of phenols is 1. The Morgan fingerprint density at radius 1 is 1.33 bits per heavy atom. The van der Waals surface area contributed by atoms with Crippen LogP contribution >= 0.6 is 11.6 Å². The van der Waals surface area contributed by atoms with Gasteiger partial charge in [-0.3, -0.25) is 0 Å². The Morgan fingerprint density at radius 2 is 2.06 bits per heavy atom. The normalized spacial score (nSPS) is 11.8. The number of halogens is 1. The van der Waals surface area contributed by atoms with Crippen LogP contribution in [0.5, 0.6) is 5.75 Å². The highest BCUT2D eigenvalue weighted by Crippen LogP contribution is 2.30. The Balaban J connectivity index is 2.60. The molecule has 0 atom stereocenters. The van der Waals surface area contributed by atoms with E-state index in [-0.39, 0.29) is 11.3 Å². The van der Waals surface area contributed by atoms with Crippen LogP contribution in [-0.2, 0) is 0 Å². The van der Waals surface area contributed by atoms with Gasteiger partial charge >= 0.3 is 0 Å². The van der Waals surface area contributed by atoms with Crippen molar-refractivity contribution in [2.24, 2.45) is 0 Å². The van der Waals surface area contributed by atoms with Crippen LogP contribution in [0.15, 0.2) is 30.5 Å². The Hall–Kier alpha value is -1.48. The third kappa shape index (κ3) is 2.23. The summed E-state index contributed by atoms with van der Waals surface area (Å²) in [6, 6.07) is 7.23. The fourth-order valence-corrected chi connectivity index (χ4v) is 1.96. The Bertz CT molecular complexity index is 569. The summed E-state index contributed by atoms with van der Waals surface area (Å²) in [5.74, 6) is 1.57. The first kappa shape index (κ1) is 13.0. The maximum Gasteiger partial charge on any atom is 0.136 e. The maximum absolute atomic E-state index is 9.62. The molecule has 4 heteroatoms. The van der Waals surface area contributed by atoms with Gasteiger partial charge in [0.15, 0.2) is 0 Å². The second-order valence-corrected chi connectivity index (χ2v) is 5.31. The van der Waals surface area contributed by atoms with E-state index < -0.39 is 0 Å². The summed E-state index contributed by atoms with van der Waals surface area (Å²) in [7, 11) is 1.97. The quantitative estimate of drug-likeness (QED) is 0.864. The molecule has 1 N–H and O–H groups in total. The molecule has 1 heterocycles. The van der Waals surface area contributed by atoms with E-state index in [0.717, 1.165) is 16.6 Å². The molecule has 96 valence electrons. The lowest BCUT2D eigenvalue weighted by Gasteiger charge is -2.35. The molecule has 0 aliphatic carbocycles. The van der Waals surface area contributed by atoms with Crippen molar-refractivity contribution < 1.29 is 5.11 Å². The third-order valence-electron chi connectivity index (χ3n) is 3.28. The molecule has 18 heavy (non-hydrogen) atoms. The van der Waals surface area contributed by atoms with Gasteiger partial charge in [-0.1, -0.05) is 6.07 Å². The van der Waals surface area contributed by atoms with Crippen LogP contribution in [0.2, 0.25) is 0 Å². The summed E-state index contributed by atoms with van der Waals surface area (Å²) in [4.78, 5) is 6.46. The van der Waals surface area contributed by atoms with E-state index in [1.54, 1.807) is 18.3 Å². The standard InChI is InChI=1S/C14H17ClN2O/c1-14(2,9-15)17(3)13-12-8-11(18)5-4-10(12)6-7-16-13/h4-8,18H,9H2,1-3H3. The molecule has 2 rings (SSSR count). The van der Waals surface area contributed by atoms with Crippen LogP contribution in [-0.4, -0.2) is 28.6 Å². The molecule has 3 nitrogen and oxygen atoms in total. The minimum absolute atomic E-state index is 0.200. The van der Waals surface area contributed by atoms with Gasteiger partial charge in [0.25, 0.3) is 0 Å². The van der Waals surface area contributed by atoms with Gasteiger partial charge in [-0.15, -0.1) is 11.6 Å². The van der Waals surface area contributed by atoms with Crippen molar-refractivity contribution in [2.45, 2.75) is 19.4 Å². The van der Waals surface area contributed by atoms with Crippen molar-refractivity contribution in [1.29, 1.82) is 0 Å². The molecule has 0 fully saturated rings. The highest BCUT2D eigenvalue weighted by atomic mass is 35.5. The van der Waals surface area contributed by atoms with Gasteiger partial charge in [-0.2, -0.15) is 0 Å². The van der Waals surface area contributed by atoms with E-state index in [9.17, 15) is 5.11 Å². The molecule has 0 aliphatic rings. The Kier molecular flexibility index (Phi) is 3.35. The largest absolute Gasteiger partial charge is 0.508 e. The number of aromatic hydroxyl groups is 1. The second kappa shape index (κ2) is 4.65. The molecular formula is C14H17ClN2O. The van der Waals surface area contributed by atoms with Crippen molar-refractivity contribution in [2.75, 3.05) is 17.8 Å². The summed E-state index contributed by atoms with van der Waals surface area (Å²) in [6.07, 6.45) is 1.77. The smallest absolute Gasteiger partial charge is 0.136 e. The molecule has 0 spiro atoms. The van der Waals surface area contributed by atoms with Gasteiger partial charge < -0.3 is 10.0 Å². The van der Waals surface area contributed by atoms with Crippen molar-refractivity contribution >= 4 is 28.2 Å². The molecule has 0 saturated heterocycles. The number of benzene rings is 1. The molecule has 0 unspecified atom stereocenters. The van der Waals surface area contributed by atoms with Crippen LogP contribution in [0.1, 0.15) is 13.8 Å². The minimum Gasteiger partial charge on any atom is -0.508 e. The monoisotopic (exact) mass is 264 g/mol. The molecule has 0 amide bonds. The van der Waals surface area contributed by atoms with E-state index >= 15 is 0 Å². The highest BCUT2D eigenvalue weighted by molar-refractivity contribution is 6.18. The average molecular weight is 265 g/mol. The predicted octanol–water partition coefficient (Wildman–Crippen LogP) is 3.39. The van der Waals surface area contributed by atoms with Gasteiger partial charge in [-0.25, -0.2) is 4.98 Å². The third-order valence-corrected chi connectivity index (χ3v) is 3.94. The zero-order chi connectivity index (χ0) is 13.3. The zero-order valence-corrected chi connectivity index (χ0v) is 11.6. The molecule has 2 aromatic rings. The first-order valence-electron chi connectivity index (χ1n) is 5.83. The summed E-state index contributed by atoms with van der Waals surface area (Å²) in [5.41, 5.74) is -0.200. The molecule has 0 bridgehead atoms. The maximum atomic E-state index is 9.62. The minimum atomic E-state index is -0.200. The zero-order valence-electron chi connectivity index (χ0n) is 10.8. The Labute approximate surface area is 112 Å². The highest BCUT2D eigenvalue weighted by Gasteiger charge is 2.24. The molecule has 0 saturated carbocycles. The number of fused-ring (bicyclic) bond motifs is 1. The van der Waals surface area contributed by atoms with Crippen LogP contribution in [0.3, 0.4) is 0 Å². The number of hydrogen-bond acceptors (Lipinski definition) is 3. The van der Waals surface area contributed by atoms with Gasteiger partial charge in [0.05, 0.1) is 0 Å². The summed E-state index contributed by atoms with van der Waals surface area (Å²) < 4.78 is 0. The molecular weight excluding hydrogens is 248 g/mol. The Morgan fingerprint density at radius 3 is 2.72 bits per heavy atom. The SMILES string of the molecule is CN(c1nccc2ccc(O)cc12)C(C)(C)CCl. The van der Waals surface area contributed by atoms with E-state index in [1.165, 1.54) is 0 Å². The van der Waals surface area contributed by atoms with Crippen LogP contribution in [0.4, 0.5) is 5.82 Å².